The SMILES string of the molecule is NCCc1c[nH]c(=S)n1[C@@H]1COc2ccc([N+](=O)[O-])cc2C1. The quantitative estimate of drug-likeness (QED) is 0.511. The third-order valence-electron chi connectivity index (χ3n) is 3.80. The summed E-state index contributed by atoms with van der Waals surface area (Å²) in [6.45, 7) is 1.01. The largest absolute Gasteiger partial charge is 0.491 e. The lowest BCUT2D eigenvalue weighted by atomic mass is 10.0. The number of hydrogen-bond acceptors (Lipinski definition) is 5. The zero-order valence-electron chi connectivity index (χ0n) is 11.8. The predicted molar refractivity (Wildman–Crippen MR) is 83.7 cm³/mol. The van der Waals surface area contributed by atoms with Crippen LogP contribution in [0.5, 0.6) is 5.75 Å². The first-order chi connectivity index (χ1) is 10.6. The fourth-order valence-corrected chi connectivity index (χ4v) is 3.12. The van der Waals surface area contributed by atoms with E-state index < -0.39 is 4.92 Å². The molecule has 3 N–H and O–H groups in total. The number of aromatic nitrogens is 2. The number of aromatic amines is 1. The molecular formula is C14H16N4O3S. The highest BCUT2D eigenvalue weighted by Crippen LogP contribution is 2.33. The number of benzene rings is 1. The lowest BCUT2D eigenvalue weighted by Gasteiger charge is -2.27. The van der Waals surface area contributed by atoms with Gasteiger partial charge in [0.25, 0.3) is 5.69 Å². The van der Waals surface area contributed by atoms with E-state index in [4.69, 9.17) is 22.7 Å². The molecule has 7 nitrogen and oxygen atoms in total. The minimum absolute atomic E-state index is 0.00908. The molecule has 0 amide bonds. The molecule has 2 heterocycles. The zero-order chi connectivity index (χ0) is 15.7. The first-order valence-corrected chi connectivity index (χ1v) is 7.40. The molecule has 1 aromatic heterocycles. The number of nitrogens with one attached hydrogen (secondary N) is 1. The van der Waals surface area contributed by atoms with Crippen molar-refractivity contribution in [3.05, 3.63) is 50.5 Å². The van der Waals surface area contributed by atoms with Crippen molar-refractivity contribution in [3.63, 3.8) is 0 Å². The normalized spacial score (nSPS) is 16.9. The third-order valence-corrected chi connectivity index (χ3v) is 4.11. The van der Waals surface area contributed by atoms with Crippen molar-refractivity contribution in [2.75, 3.05) is 13.2 Å². The van der Waals surface area contributed by atoms with Crippen molar-refractivity contribution in [1.29, 1.82) is 0 Å². The average Bonchev–Trinajstić information content (AvgIpc) is 2.87. The molecule has 0 saturated heterocycles. The van der Waals surface area contributed by atoms with E-state index in [1.54, 1.807) is 12.1 Å². The number of hydrogen-bond donors (Lipinski definition) is 2. The van der Waals surface area contributed by atoms with Gasteiger partial charge in [-0.15, -0.1) is 0 Å². The van der Waals surface area contributed by atoms with Gasteiger partial charge >= 0.3 is 0 Å². The Morgan fingerprint density at radius 1 is 1.55 bits per heavy atom. The van der Waals surface area contributed by atoms with Crippen LogP contribution in [0.15, 0.2) is 24.4 Å². The lowest BCUT2D eigenvalue weighted by Crippen LogP contribution is -2.26. The number of ether oxygens (including phenoxy) is 1. The summed E-state index contributed by atoms with van der Waals surface area (Å²) >= 11 is 5.34. The summed E-state index contributed by atoms with van der Waals surface area (Å²) in [5.41, 5.74) is 7.55. The molecular weight excluding hydrogens is 304 g/mol. The molecule has 1 aliphatic heterocycles. The van der Waals surface area contributed by atoms with Crippen LogP contribution in [0, 0.1) is 14.9 Å². The number of non-ortho nitro benzene ring substituents is 1. The highest BCUT2D eigenvalue weighted by atomic mass is 32.1. The Bertz CT molecular complexity index is 768. The molecule has 0 aliphatic carbocycles. The Kier molecular flexibility index (Phi) is 3.95. The van der Waals surface area contributed by atoms with Crippen LogP contribution in [0.25, 0.3) is 0 Å². The third kappa shape index (κ3) is 2.62. The zero-order valence-corrected chi connectivity index (χ0v) is 12.6. The summed E-state index contributed by atoms with van der Waals surface area (Å²) in [6, 6.07) is 4.69. The number of rotatable bonds is 4. The van der Waals surface area contributed by atoms with Crippen LogP contribution in [0.3, 0.4) is 0 Å². The number of nitrogens with zero attached hydrogens (tertiary/aromatic N) is 2. The number of nitro groups is 1. The first-order valence-electron chi connectivity index (χ1n) is 6.99. The van der Waals surface area contributed by atoms with Crippen LogP contribution in [-0.2, 0) is 12.8 Å². The molecule has 0 bridgehead atoms. The minimum atomic E-state index is -0.397. The number of fused-ring (bicyclic) bond motifs is 1. The van der Waals surface area contributed by atoms with Gasteiger partial charge in [0.15, 0.2) is 4.77 Å². The van der Waals surface area contributed by atoms with Crippen LogP contribution >= 0.6 is 12.2 Å². The van der Waals surface area contributed by atoms with E-state index in [1.165, 1.54) is 6.07 Å². The van der Waals surface area contributed by atoms with Gasteiger partial charge in [-0.05, 0) is 24.8 Å². The standard InChI is InChI=1S/C14H16N4O3S/c15-4-3-11-7-16-14(22)17(11)12-6-9-5-10(18(19)20)1-2-13(9)21-8-12/h1-2,5,7,12H,3-4,6,8,15H2,(H,16,22)/t12-/m0/s1. The molecule has 1 aromatic carbocycles. The second-order valence-corrected chi connectivity index (χ2v) is 5.60. The van der Waals surface area contributed by atoms with Crippen molar-refractivity contribution in [3.8, 4) is 5.75 Å². The van der Waals surface area contributed by atoms with Gasteiger partial charge in [-0.1, -0.05) is 0 Å². The van der Waals surface area contributed by atoms with Crippen LogP contribution < -0.4 is 10.5 Å². The Balaban J connectivity index is 1.94. The van der Waals surface area contributed by atoms with Crippen molar-refractivity contribution >= 4 is 17.9 Å². The summed E-state index contributed by atoms with van der Waals surface area (Å²) in [4.78, 5) is 13.5. The summed E-state index contributed by atoms with van der Waals surface area (Å²) in [7, 11) is 0. The molecule has 0 radical (unpaired) electrons. The maximum Gasteiger partial charge on any atom is 0.269 e. The van der Waals surface area contributed by atoms with E-state index in [-0.39, 0.29) is 11.7 Å². The molecule has 2 aromatic rings. The monoisotopic (exact) mass is 320 g/mol. The highest BCUT2D eigenvalue weighted by Gasteiger charge is 2.25. The maximum absolute atomic E-state index is 10.9. The van der Waals surface area contributed by atoms with Gasteiger partial charge in [0.1, 0.15) is 12.4 Å². The number of H-pyrrole nitrogens is 1. The van der Waals surface area contributed by atoms with Crippen LogP contribution in [0.1, 0.15) is 17.3 Å². The average molecular weight is 320 g/mol. The van der Waals surface area contributed by atoms with E-state index in [9.17, 15) is 10.1 Å². The Hall–Kier alpha value is -2.19. The number of nitrogens with two attached hydrogens (primary N) is 1. The van der Waals surface area contributed by atoms with Crippen LogP contribution in [0.4, 0.5) is 5.69 Å². The fraction of sp³-hybridized carbons (Fsp3) is 0.357. The van der Waals surface area contributed by atoms with Gasteiger partial charge in [0, 0.05) is 42.4 Å². The number of imidazole rings is 1. The summed E-state index contributed by atoms with van der Waals surface area (Å²) in [5, 5.41) is 10.9. The maximum atomic E-state index is 10.9. The summed E-state index contributed by atoms with van der Waals surface area (Å²) in [5.74, 6) is 0.698. The van der Waals surface area contributed by atoms with Crippen LogP contribution in [0.2, 0.25) is 0 Å². The Morgan fingerprint density at radius 2 is 2.36 bits per heavy atom. The van der Waals surface area contributed by atoms with Gasteiger partial charge in [-0.3, -0.25) is 10.1 Å². The smallest absolute Gasteiger partial charge is 0.269 e. The van der Waals surface area contributed by atoms with Crippen molar-refractivity contribution < 1.29 is 9.66 Å². The molecule has 0 spiro atoms. The summed E-state index contributed by atoms with van der Waals surface area (Å²) < 4.78 is 8.37. The highest BCUT2D eigenvalue weighted by molar-refractivity contribution is 7.71. The Morgan fingerprint density at radius 3 is 3.09 bits per heavy atom. The second-order valence-electron chi connectivity index (χ2n) is 5.21. The predicted octanol–water partition coefficient (Wildman–Crippen LogP) is 2.13. The van der Waals surface area contributed by atoms with Gasteiger partial charge in [-0.2, -0.15) is 0 Å². The van der Waals surface area contributed by atoms with Crippen molar-refractivity contribution in [2.45, 2.75) is 18.9 Å². The Labute approximate surface area is 131 Å². The minimum Gasteiger partial charge on any atom is -0.491 e. The lowest BCUT2D eigenvalue weighted by molar-refractivity contribution is -0.385. The molecule has 22 heavy (non-hydrogen) atoms. The molecule has 116 valence electrons. The molecule has 8 heteroatoms. The molecule has 0 fully saturated rings. The first kappa shape index (κ1) is 14.7. The molecule has 3 rings (SSSR count). The second kappa shape index (κ2) is 5.90. The topological polar surface area (TPSA) is 99.1 Å². The van der Waals surface area contributed by atoms with Gasteiger partial charge < -0.3 is 20.0 Å². The van der Waals surface area contributed by atoms with Gasteiger partial charge in [-0.25, -0.2) is 0 Å². The van der Waals surface area contributed by atoms with E-state index in [0.717, 1.165) is 11.3 Å². The van der Waals surface area contributed by atoms with Crippen molar-refractivity contribution in [1.82, 2.24) is 9.55 Å². The van der Waals surface area contributed by atoms with E-state index in [2.05, 4.69) is 4.98 Å². The molecule has 1 atom stereocenters. The molecule has 0 unspecified atom stereocenters. The van der Waals surface area contributed by atoms with E-state index in [0.29, 0.717) is 36.5 Å². The van der Waals surface area contributed by atoms with Gasteiger partial charge in [0.05, 0.1) is 11.0 Å². The molecule has 1 aliphatic rings. The summed E-state index contributed by atoms with van der Waals surface area (Å²) in [6.07, 6.45) is 3.21. The van der Waals surface area contributed by atoms with Crippen LogP contribution in [-0.4, -0.2) is 27.6 Å². The van der Waals surface area contributed by atoms with Gasteiger partial charge in [0.2, 0.25) is 0 Å². The molecule has 0 saturated carbocycles. The van der Waals surface area contributed by atoms with E-state index >= 15 is 0 Å². The number of nitro benzene ring substituents is 1. The van der Waals surface area contributed by atoms with Crippen molar-refractivity contribution in [2.24, 2.45) is 5.73 Å². The van der Waals surface area contributed by atoms with E-state index in [1.807, 2.05) is 10.8 Å². The fourth-order valence-electron chi connectivity index (χ4n) is 2.80.